The summed E-state index contributed by atoms with van der Waals surface area (Å²) in [6.07, 6.45) is 2.37. The van der Waals surface area contributed by atoms with Gasteiger partial charge in [-0.25, -0.2) is 4.79 Å². The Hall–Kier alpha value is -2.01. The number of hydrogen-bond donors (Lipinski definition) is 3. The lowest BCUT2D eigenvalue weighted by molar-refractivity contribution is 0.251. The third-order valence-corrected chi connectivity index (χ3v) is 3.61. The van der Waals surface area contributed by atoms with Gasteiger partial charge in [0.25, 0.3) is 0 Å². The molecular formula is C14H15ClN4O. The third-order valence-electron chi connectivity index (χ3n) is 3.24. The Labute approximate surface area is 121 Å². The topological polar surface area (TPSA) is 69.8 Å². The molecule has 1 aromatic heterocycles. The number of nitrogens with zero attached hydrogens (tertiary/aromatic N) is 1. The first-order valence-electron chi connectivity index (χ1n) is 6.56. The van der Waals surface area contributed by atoms with Gasteiger partial charge in [0.15, 0.2) is 0 Å². The molecule has 0 saturated heterocycles. The number of rotatable bonds is 4. The van der Waals surface area contributed by atoms with Gasteiger partial charge in [-0.05, 0) is 24.5 Å². The lowest BCUT2D eigenvalue weighted by atomic mass is 10.2. The number of aromatic nitrogens is 2. The average molecular weight is 291 g/mol. The van der Waals surface area contributed by atoms with E-state index >= 15 is 0 Å². The van der Waals surface area contributed by atoms with Crippen LogP contribution in [0, 0.1) is 0 Å². The zero-order valence-corrected chi connectivity index (χ0v) is 11.6. The van der Waals surface area contributed by atoms with Gasteiger partial charge in [-0.2, -0.15) is 5.10 Å². The fourth-order valence-electron chi connectivity index (χ4n) is 1.97. The van der Waals surface area contributed by atoms with Crippen molar-refractivity contribution in [3.05, 3.63) is 46.6 Å². The largest absolute Gasteiger partial charge is 0.334 e. The van der Waals surface area contributed by atoms with E-state index in [1.807, 2.05) is 24.3 Å². The Morgan fingerprint density at radius 2 is 2.20 bits per heavy atom. The van der Waals surface area contributed by atoms with Crippen molar-refractivity contribution >= 4 is 23.4 Å². The summed E-state index contributed by atoms with van der Waals surface area (Å²) in [4.78, 5) is 11.8. The normalized spacial score (nSPS) is 14.1. The fourth-order valence-corrected chi connectivity index (χ4v) is 2.18. The van der Waals surface area contributed by atoms with Crippen LogP contribution in [0.4, 0.5) is 10.6 Å². The fraction of sp³-hybridized carbons (Fsp3) is 0.286. The minimum Gasteiger partial charge on any atom is -0.334 e. The van der Waals surface area contributed by atoms with Crippen molar-refractivity contribution in [3.8, 4) is 0 Å². The molecule has 0 atom stereocenters. The van der Waals surface area contributed by atoms with E-state index in [4.69, 9.17) is 11.6 Å². The minimum absolute atomic E-state index is 0.282. The molecule has 5 nitrogen and oxygen atoms in total. The van der Waals surface area contributed by atoms with E-state index in [1.54, 1.807) is 6.07 Å². The van der Waals surface area contributed by atoms with Crippen LogP contribution in [0.15, 0.2) is 30.3 Å². The van der Waals surface area contributed by atoms with Crippen molar-refractivity contribution in [2.24, 2.45) is 0 Å². The van der Waals surface area contributed by atoms with Crippen molar-refractivity contribution in [1.82, 2.24) is 15.5 Å². The number of aromatic amines is 1. The van der Waals surface area contributed by atoms with Gasteiger partial charge in [-0.15, -0.1) is 0 Å². The van der Waals surface area contributed by atoms with Gasteiger partial charge in [0.2, 0.25) is 0 Å². The van der Waals surface area contributed by atoms with Gasteiger partial charge in [-0.1, -0.05) is 29.8 Å². The van der Waals surface area contributed by atoms with E-state index in [2.05, 4.69) is 20.8 Å². The Morgan fingerprint density at radius 1 is 1.40 bits per heavy atom. The first-order chi connectivity index (χ1) is 9.72. The second-order valence-electron chi connectivity index (χ2n) is 4.88. The van der Waals surface area contributed by atoms with Gasteiger partial charge in [0, 0.05) is 23.6 Å². The van der Waals surface area contributed by atoms with Crippen LogP contribution in [-0.4, -0.2) is 16.2 Å². The molecule has 2 aromatic rings. The van der Waals surface area contributed by atoms with E-state index in [0.29, 0.717) is 23.3 Å². The van der Waals surface area contributed by atoms with Gasteiger partial charge >= 0.3 is 6.03 Å². The molecule has 0 radical (unpaired) electrons. The van der Waals surface area contributed by atoms with Gasteiger partial charge in [0.1, 0.15) is 5.82 Å². The van der Waals surface area contributed by atoms with Crippen LogP contribution < -0.4 is 10.6 Å². The number of hydrogen-bond acceptors (Lipinski definition) is 2. The zero-order valence-electron chi connectivity index (χ0n) is 10.8. The molecule has 20 heavy (non-hydrogen) atoms. The minimum atomic E-state index is -0.282. The molecule has 1 aromatic carbocycles. The molecule has 0 spiro atoms. The van der Waals surface area contributed by atoms with Crippen LogP contribution in [0.1, 0.15) is 30.0 Å². The summed E-state index contributed by atoms with van der Waals surface area (Å²) in [5.41, 5.74) is 1.90. The van der Waals surface area contributed by atoms with Crippen LogP contribution in [0.3, 0.4) is 0 Å². The Morgan fingerprint density at radius 3 is 2.95 bits per heavy atom. The SMILES string of the molecule is O=C(NCc1ccccc1Cl)Nc1cc(C2CC2)n[nH]1. The van der Waals surface area contributed by atoms with Crippen molar-refractivity contribution in [3.63, 3.8) is 0 Å². The smallest absolute Gasteiger partial charge is 0.320 e. The lowest BCUT2D eigenvalue weighted by Gasteiger charge is -2.07. The lowest BCUT2D eigenvalue weighted by Crippen LogP contribution is -2.28. The van der Waals surface area contributed by atoms with E-state index in [9.17, 15) is 4.79 Å². The van der Waals surface area contributed by atoms with Gasteiger partial charge in [0.05, 0.1) is 5.69 Å². The summed E-state index contributed by atoms with van der Waals surface area (Å²) < 4.78 is 0. The molecule has 1 heterocycles. The number of carbonyl (C=O) groups excluding carboxylic acids is 1. The second-order valence-corrected chi connectivity index (χ2v) is 5.29. The number of nitrogens with one attached hydrogen (secondary N) is 3. The van der Waals surface area contributed by atoms with E-state index < -0.39 is 0 Å². The molecule has 2 amide bonds. The summed E-state index contributed by atoms with van der Waals surface area (Å²) >= 11 is 6.03. The molecule has 1 fully saturated rings. The standard InChI is InChI=1S/C14H15ClN4O/c15-11-4-2-1-3-10(11)8-16-14(20)17-13-7-12(18-19-13)9-5-6-9/h1-4,7,9H,5-6,8H2,(H3,16,17,18,19,20). The first kappa shape index (κ1) is 13.0. The molecule has 104 valence electrons. The van der Waals surface area contributed by atoms with Gasteiger partial charge < -0.3 is 5.32 Å². The highest BCUT2D eigenvalue weighted by molar-refractivity contribution is 6.31. The van der Waals surface area contributed by atoms with Crippen LogP contribution in [0.2, 0.25) is 5.02 Å². The Kier molecular flexibility index (Phi) is 3.60. The number of benzene rings is 1. The number of amides is 2. The summed E-state index contributed by atoms with van der Waals surface area (Å²) in [7, 11) is 0. The highest BCUT2D eigenvalue weighted by atomic mass is 35.5. The molecule has 1 aliphatic rings. The monoisotopic (exact) mass is 290 g/mol. The molecule has 3 rings (SSSR count). The molecule has 0 bridgehead atoms. The Bertz CT molecular complexity index is 621. The van der Waals surface area contributed by atoms with Crippen LogP contribution >= 0.6 is 11.6 Å². The number of halogens is 1. The quantitative estimate of drug-likeness (QED) is 0.809. The maximum Gasteiger partial charge on any atom is 0.320 e. The third kappa shape index (κ3) is 3.11. The van der Waals surface area contributed by atoms with Crippen molar-refractivity contribution in [2.75, 3.05) is 5.32 Å². The molecule has 3 N–H and O–H groups in total. The van der Waals surface area contributed by atoms with E-state index in [1.165, 1.54) is 12.8 Å². The first-order valence-corrected chi connectivity index (χ1v) is 6.94. The number of anilines is 1. The van der Waals surface area contributed by atoms with Crippen LogP contribution in [-0.2, 0) is 6.54 Å². The summed E-state index contributed by atoms with van der Waals surface area (Å²) in [6, 6.07) is 9.02. The highest BCUT2D eigenvalue weighted by Gasteiger charge is 2.26. The summed E-state index contributed by atoms with van der Waals surface area (Å²) in [6.45, 7) is 0.384. The van der Waals surface area contributed by atoms with E-state index in [0.717, 1.165) is 11.3 Å². The average Bonchev–Trinajstić information content (AvgIpc) is 3.19. The molecular weight excluding hydrogens is 276 g/mol. The Balaban J connectivity index is 1.52. The highest BCUT2D eigenvalue weighted by Crippen LogP contribution is 2.39. The zero-order chi connectivity index (χ0) is 13.9. The number of carbonyl (C=O) groups is 1. The maximum atomic E-state index is 11.8. The van der Waals surface area contributed by atoms with Crippen molar-refractivity contribution in [1.29, 1.82) is 0 Å². The molecule has 0 aliphatic heterocycles. The van der Waals surface area contributed by atoms with Crippen LogP contribution in [0.5, 0.6) is 0 Å². The van der Waals surface area contributed by atoms with Crippen LogP contribution in [0.25, 0.3) is 0 Å². The van der Waals surface area contributed by atoms with Crippen molar-refractivity contribution < 1.29 is 4.79 Å². The molecule has 1 saturated carbocycles. The molecule has 1 aliphatic carbocycles. The molecule has 6 heteroatoms. The second kappa shape index (κ2) is 5.54. The summed E-state index contributed by atoms with van der Waals surface area (Å²) in [5, 5.41) is 13.1. The van der Waals surface area contributed by atoms with Gasteiger partial charge in [-0.3, -0.25) is 10.4 Å². The number of urea groups is 1. The number of H-pyrrole nitrogens is 1. The predicted octanol–water partition coefficient (Wildman–Crippen LogP) is 3.26. The molecule has 0 unspecified atom stereocenters. The summed E-state index contributed by atoms with van der Waals surface area (Å²) in [5.74, 6) is 1.18. The predicted molar refractivity (Wildman–Crippen MR) is 77.9 cm³/mol. The van der Waals surface area contributed by atoms with E-state index in [-0.39, 0.29) is 6.03 Å². The van der Waals surface area contributed by atoms with Crippen molar-refractivity contribution in [2.45, 2.75) is 25.3 Å². The maximum absolute atomic E-state index is 11.8.